The average Bonchev–Trinajstić information content (AvgIpc) is 3.51. The van der Waals surface area contributed by atoms with E-state index in [9.17, 15) is 5.26 Å². The fraction of sp³-hybridized carbons (Fsp3) is 0.407. The summed E-state index contributed by atoms with van der Waals surface area (Å²) in [7, 11) is 0. The van der Waals surface area contributed by atoms with Crippen molar-refractivity contribution in [1.82, 2.24) is 34.3 Å². The van der Waals surface area contributed by atoms with Crippen molar-refractivity contribution < 1.29 is 4.74 Å². The number of likely N-dealkylation sites (tertiary alicyclic amines) is 1. The van der Waals surface area contributed by atoms with Gasteiger partial charge in [0.2, 0.25) is 5.88 Å². The van der Waals surface area contributed by atoms with Crippen LogP contribution in [-0.2, 0) is 0 Å². The van der Waals surface area contributed by atoms with Gasteiger partial charge >= 0.3 is 0 Å². The summed E-state index contributed by atoms with van der Waals surface area (Å²) in [5, 5.41) is 27.9. The first kappa shape index (κ1) is 23.0. The highest BCUT2D eigenvalue weighted by Crippen LogP contribution is 2.55. The first-order chi connectivity index (χ1) is 18.0. The number of nitriles is 2. The van der Waals surface area contributed by atoms with Crippen molar-refractivity contribution in [3.05, 3.63) is 59.8 Å². The lowest BCUT2D eigenvalue weighted by Crippen LogP contribution is -2.46. The van der Waals surface area contributed by atoms with E-state index in [0.717, 1.165) is 61.4 Å². The first-order valence-electron chi connectivity index (χ1n) is 12.6. The summed E-state index contributed by atoms with van der Waals surface area (Å²) in [6.45, 7) is 5.67. The predicted molar refractivity (Wildman–Crippen MR) is 134 cm³/mol. The van der Waals surface area contributed by atoms with Crippen molar-refractivity contribution in [1.29, 1.82) is 10.5 Å². The predicted octanol–water partition coefficient (Wildman–Crippen LogP) is 4.21. The van der Waals surface area contributed by atoms with Gasteiger partial charge in [0.25, 0.3) is 0 Å². The zero-order valence-electron chi connectivity index (χ0n) is 20.9. The lowest BCUT2D eigenvalue weighted by atomic mass is 9.60. The van der Waals surface area contributed by atoms with Crippen LogP contribution in [0, 0.1) is 35.1 Å². The Morgan fingerprint density at radius 1 is 1.14 bits per heavy atom. The van der Waals surface area contributed by atoms with E-state index >= 15 is 0 Å². The third-order valence-electron chi connectivity index (χ3n) is 7.94. The molecule has 4 aromatic rings. The second-order valence-corrected chi connectivity index (χ2v) is 10.2. The van der Waals surface area contributed by atoms with Crippen molar-refractivity contribution in [2.24, 2.45) is 5.41 Å². The highest BCUT2D eigenvalue weighted by atomic mass is 16.5. The molecule has 5 heterocycles. The second-order valence-electron chi connectivity index (χ2n) is 10.2. The Bertz CT molecular complexity index is 1530. The van der Waals surface area contributed by atoms with Crippen LogP contribution in [0.3, 0.4) is 0 Å². The third kappa shape index (κ3) is 3.95. The van der Waals surface area contributed by atoms with Gasteiger partial charge in [0.1, 0.15) is 29.2 Å². The van der Waals surface area contributed by atoms with Gasteiger partial charge in [0.05, 0.1) is 23.6 Å². The Balaban J connectivity index is 1.29. The van der Waals surface area contributed by atoms with Gasteiger partial charge in [-0.15, -0.1) is 5.10 Å². The third-order valence-corrected chi connectivity index (χ3v) is 7.94. The summed E-state index contributed by atoms with van der Waals surface area (Å²) >= 11 is 0. The Kier molecular flexibility index (Phi) is 5.53. The summed E-state index contributed by atoms with van der Waals surface area (Å²) in [6.07, 6.45) is 9.48. The smallest absolute Gasteiger partial charge is 0.201 e. The molecule has 4 aromatic heterocycles. The van der Waals surface area contributed by atoms with Crippen LogP contribution in [0.2, 0.25) is 0 Å². The molecule has 0 N–H and O–H groups in total. The van der Waals surface area contributed by atoms with E-state index in [0.29, 0.717) is 28.7 Å². The second kappa shape index (κ2) is 8.90. The molecule has 0 bridgehead atoms. The number of hydrogen-bond donors (Lipinski definition) is 0. The van der Waals surface area contributed by atoms with Crippen molar-refractivity contribution in [3.63, 3.8) is 0 Å². The lowest BCUT2D eigenvalue weighted by Gasteiger charge is -2.51. The van der Waals surface area contributed by atoms with E-state index in [1.807, 2.05) is 53.8 Å². The van der Waals surface area contributed by atoms with Gasteiger partial charge in [-0.2, -0.15) is 10.5 Å². The van der Waals surface area contributed by atoms with Crippen LogP contribution in [0.15, 0.2) is 42.7 Å². The number of nitrogens with zero attached hydrogens (tertiary/aromatic N) is 9. The van der Waals surface area contributed by atoms with Gasteiger partial charge in [0.15, 0.2) is 6.19 Å². The van der Waals surface area contributed by atoms with Gasteiger partial charge in [-0.1, -0.05) is 11.3 Å². The molecule has 10 heteroatoms. The van der Waals surface area contributed by atoms with E-state index in [1.54, 1.807) is 16.8 Å². The molecule has 2 aliphatic rings. The molecule has 0 radical (unpaired) electrons. The summed E-state index contributed by atoms with van der Waals surface area (Å²) in [5.74, 6) is 0.500. The number of piperidine rings is 1. The highest BCUT2D eigenvalue weighted by molar-refractivity contribution is 5.68. The van der Waals surface area contributed by atoms with Gasteiger partial charge < -0.3 is 9.64 Å². The van der Waals surface area contributed by atoms with Crippen molar-refractivity contribution in [2.45, 2.75) is 51.7 Å². The van der Waals surface area contributed by atoms with Crippen LogP contribution in [0.25, 0.3) is 16.9 Å². The van der Waals surface area contributed by atoms with Gasteiger partial charge in [-0.25, -0.2) is 9.67 Å². The van der Waals surface area contributed by atoms with Gasteiger partial charge in [0, 0.05) is 30.9 Å². The SMILES string of the molecule is Cc1c(-c2cc(O[C@H](C)c3ccccn3)n3c(C#N)cnc3c2)nnn1C1CC2(CCN(C#N)CC2)C1. The molecule has 0 aromatic carbocycles. The quantitative estimate of drug-likeness (QED) is 0.379. The molecule has 1 aliphatic carbocycles. The fourth-order valence-corrected chi connectivity index (χ4v) is 5.79. The number of aromatic nitrogens is 6. The maximum Gasteiger partial charge on any atom is 0.201 e. The number of imidazole rings is 1. The molecule has 1 aliphatic heterocycles. The monoisotopic (exact) mass is 493 g/mol. The summed E-state index contributed by atoms with van der Waals surface area (Å²) < 4.78 is 10.1. The van der Waals surface area contributed by atoms with E-state index in [-0.39, 0.29) is 6.10 Å². The van der Waals surface area contributed by atoms with E-state index in [2.05, 4.69) is 32.5 Å². The number of ether oxygens (including phenoxy) is 1. The largest absolute Gasteiger partial charge is 0.469 e. The molecule has 1 saturated heterocycles. The summed E-state index contributed by atoms with van der Waals surface area (Å²) in [5.41, 5.74) is 4.73. The molecule has 1 saturated carbocycles. The maximum atomic E-state index is 9.64. The Morgan fingerprint density at radius 2 is 1.95 bits per heavy atom. The van der Waals surface area contributed by atoms with Crippen molar-refractivity contribution in [2.75, 3.05) is 13.1 Å². The van der Waals surface area contributed by atoms with Crippen molar-refractivity contribution in [3.8, 4) is 29.4 Å². The topological polar surface area (TPSA) is 121 Å². The number of pyridine rings is 2. The molecule has 0 unspecified atom stereocenters. The maximum absolute atomic E-state index is 9.64. The molecule has 2 fully saturated rings. The molecule has 6 rings (SSSR count). The molecule has 186 valence electrons. The lowest BCUT2D eigenvalue weighted by molar-refractivity contribution is -0.000145. The van der Waals surface area contributed by atoms with Gasteiger partial charge in [-0.05, 0) is 63.1 Å². The number of fused-ring (bicyclic) bond motifs is 1. The van der Waals surface area contributed by atoms with Crippen LogP contribution in [0.5, 0.6) is 5.88 Å². The first-order valence-corrected chi connectivity index (χ1v) is 12.6. The number of hydrogen-bond acceptors (Lipinski definition) is 8. The Morgan fingerprint density at radius 3 is 2.65 bits per heavy atom. The Labute approximate surface area is 214 Å². The minimum Gasteiger partial charge on any atom is -0.469 e. The zero-order valence-corrected chi connectivity index (χ0v) is 20.9. The van der Waals surface area contributed by atoms with Crippen LogP contribution in [0.1, 0.15) is 61.8 Å². The van der Waals surface area contributed by atoms with Crippen LogP contribution in [0.4, 0.5) is 0 Å². The highest BCUT2D eigenvalue weighted by Gasteiger charge is 2.47. The molecule has 1 atom stereocenters. The summed E-state index contributed by atoms with van der Waals surface area (Å²) in [6, 6.07) is 12.0. The number of rotatable bonds is 5. The van der Waals surface area contributed by atoms with E-state index in [1.165, 1.54) is 0 Å². The van der Waals surface area contributed by atoms with E-state index < -0.39 is 0 Å². The molecule has 0 amide bonds. The average molecular weight is 494 g/mol. The Hall–Kier alpha value is -4.44. The van der Waals surface area contributed by atoms with Crippen LogP contribution in [-0.4, -0.2) is 47.4 Å². The minimum absolute atomic E-state index is 0.315. The van der Waals surface area contributed by atoms with E-state index in [4.69, 9.17) is 10.00 Å². The summed E-state index contributed by atoms with van der Waals surface area (Å²) in [4.78, 5) is 10.7. The molecular formula is C27H27N9O. The van der Waals surface area contributed by atoms with Gasteiger partial charge in [-0.3, -0.25) is 9.38 Å². The zero-order chi connectivity index (χ0) is 25.6. The normalized spacial score (nSPS) is 17.8. The molecule has 37 heavy (non-hydrogen) atoms. The van der Waals surface area contributed by atoms with Crippen molar-refractivity contribution >= 4 is 5.65 Å². The standard InChI is InChI=1S/C27H27N9O/c1-18-26(32-33-36(18)21-13-27(14-21)6-9-34(17-29)10-7-27)20-11-24-31-16-22(15-28)35(24)25(12-20)37-19(2)23-5-3-4-8-30-23/h3-5,8,11-12,16,19,21H,6-7,9-10,13-14H2,1-2H3/t19-/m1/s1. The molecule has 1 spiro atoms. The molecule has 10 nitrogen and oxygen atoms in total. The van der Waals surface area contributed by atoms with Crippen LogP contribution < -0.4 is 4.74 Å². The van der Waals surface area contributed by atoms with Crippen LogP contribution >= 0.6 is 0 Å². The minimum atomic E-state index is -0.330. The fourth-order valence-electron chi connectivity index (χ4n) is 5.79. The molecular weight excluding hydrogens is 466 g/mol.